The first-order valence-corrected chi connectivity index (χ1v) is 4.13. The Morgan fingerprint density at radius 2 is 1.71 bits per heavy atom. The van der Waals surface area contributed by atoms with E-state index in [1.54, 1.807) is 0 Å². The van der Waals surface area contributed by atoms with E-state index in [0.717, 1.165) is 18.2 Å². The summed E-state index contributed by atoms with van der Waals surface area (Å²) in [5, 5.41) is 0. The van der Waals surface area contributed by atoms with E-state index in [1.165, 1.54) is 0 Å². The third-order valence-corrected chi connectivity index (χ3v) is 1.41. The predicted octanol–water partition coefficient (Wildman–Crippen LogP) is 2.11. The number of hydrogen-bond donors (Lipinski definition) is 1. The lowest BCUT2D eigenvalue weighted by Gasteiger charge is -2.08. The lowest BCUT2D eigenvalue weighted by molar-refractivity contribution is -0.137. The Hall–Kier alpha value is -1.13. The molecule has 1 aromatic rings. The number of nitrogen functional groups attached to an aromatic ring is 1. The fraction of sp³-hybridized carbons (Fsp3) is 0.333. The normalized spacial score (nSPS) is 10.4. The number of alkyl halides is 3. The van der Waals surface area contributed by atoms with Gasteiger partial charge in [0.15, 0.2) is 0 Å². The monoisotopic (exact) mass is 201 g/mol. The summed E-state index contributed by atoms with van der Waals surface area (Å²) in [4.78, 5) is 0. The molecule has 0 unspecified atom stereocenters. The van der Waals surface area contributed by atoms with Crippen molar-refractivity contribution in [3.05, 3.63) is 23.8 Å². The van der Waals surface area contributed by atoms with Crippen molar-refractivity contribution in [3.63, 3.8) is 0 Å². The summed E-state index contributed by atoms with van der Waals surface area (Å²) in [7, 11) is 5.24. The van der Waals surface area contributed by atoms with Crippen molar-refractivity contribution in [2.24, 2.45) is 0 Å². The highest BCUT2D eigenvalue weighted by Gasteiger charge is 2.30. The van der Waals surface area contributed by atoms with Crippen molar-refractivity contribution >= 4 is 19.0 Å². The molecule has 0 aromatic heterocycles. The Bertz CT molecular complexity index is 297. The van der Waals surface area contributed by atoms with Gasteiger partial charge >= 0.3 is 6.18 Å². The highest BCUT2D eigenvalue weighted by Crippen LogP contribution is 2.29. The van der Waals surface area contributed by atoms with Crippen LogP contribution >= 0.6 is 0 Å². The Balaban J connectivity index is 0.000000791. The average molecular weight is 201 g/mol. The van der Waals surface area contributed by atoms with E-state index in [1.807, 2.05) is 13.8 Å². The number of anilines is 1. The molecule has 2 N–H and O–H groups in total. The first-order valence-electron chi connectivity index (χ1n) is 4.13. The topological polar surface area (TPSA) is 26.0 Å². The van der Waals surface area contributed by atoms with Crippen LogP contribution in [0.4, 0.5) is 18.9 Å². The van der Waals surface area contributed by atoms with Gasteiger partial charge in [-0.1, -0.05) is 31.4 Å². The van der Waals surface area contributed by atoms with Gasteiger partial charge in [0.1, 0.15) is 7.85 Å². The van der Waals surface area contributed by atoms with E-state index in [4.69, 9.17) is 13.6 Å². The van der Waals surface area contributed by atoms with Crippen LogP contribution < -0.4 is 11.2 Å². The molecule has 0 heterocycles. The van der Waals surface area contributed by atoms with Crippen LogP contribution in [0.3, 0.4) is 0 Å². The molecule has 0 spiro atoms. The highest BCUT2D eigenvalue weighted by molar-refractivity contribution is 6.35. The van der Waals surface area contributed by atoms with Crippen LogP contribution in [0.2, 0.25) is 0 Å². The van der Waals surface area contributed by atoms with Gasteiger partial charge in [-0.05, 0) is 6.07 Å². The summed E-state index contributed by atoms with van der Waals surface area (Å²) in [6, 6.07) is 2.85. The van der Waals surface area contributed by atoms with Crippen LogP contribution in [0, 0.1) is 0 Å². The first-order chi connectivity index (χ1) is 6.41. The number of halogens is 3. The predicted molar refractivity (Wildman–Crippen MR) is 52.6 cm³/mol. The molecule has 0 saturated carbocycles. The zero-order valence-corrected chi connectivity index (χ0v) is 8.02. The van der Waals surface area contributed by atoms with Gasteiger partial charge in [0, 0.05) is 5.69 Å². The minimum Gasteiger partial charge on any atom is -0.399 e. The fourth-order valence-corrected chi connectivity index (χ4v) is 0.751. The Kier molecular flexibility index (Phi) is 4.54. The maximum absolute atomic E-state index is 12.0. The zero-order chi connectivity index (χ0) is 11.4. The van der Waals surface area contributed by atoms with E-state index >= 15 is 0 Å². The van der Waals surface area contributed by atoms with Crippen molar-refractivity contribution in [1.29, 1.82) is 0 Å². The summed E-state index contributed by atoms with van der Waals surface area (Å²) in [6.45, 7) is 4.00. The summed E-state index contributed by atoms with van der Waals surface area (Å²) in [5.41, 5.74) is 4.51. The fourth-order valence-electron chi connectivity index (χ4n) is 0.751. The van der Waals surface area contributed by atoms with Crippen molar-refractivity contribution in [1.82, 2.24) is 0 Å². The largest absolute Gasteiger partial charge is 0.416 e. The second-order valence-corrected chi connectivity index (χ2v) is 2.34. The van der Waals surface area contributed by atoms with Gasteiger partial charge in [-0.3, -0.25) is 0 Å². The molecule has 1 rings (SSSR count). The molecule has 76 valence electrons. The molecule has 0 saturated heterocycles. The molecule has 0 aliphatic heterocycles. The quantitative estimate of drug-likeness (QED) is 0.504. The second-order valence-electron chi connectivity index (χ2n) is 2.34. The smallest absolute Gasteiger partial charge is 0.399 e. The molecule has 0 atom stereocenters. The van der Waals surface area contributed by atoms with Crippen molar-refractivity contribution in [3.8, 4) is 0 Å². The van der Waals surface area contributed by atoms with E-state index in [9.17, 15) is 13.2 Å². The molecule has 5 heteroatoms. The summed E-state index contributed by atoms with van der Waals surface area (Å²) in [5.74, 6) is 0. The van der Waals surface area contributed by atoms with E-state index < -0.39 is 11.7 Å². The van der Waals surface area contributed by atoms with Gasteiger partial charge in [0.05, 0.1) is 5.56 Å². The third kappa shape index (κ3) is 3.32. The number of hydrogen-bond acceptors (Lipinski definition) is 1. The molecule has 14 heavy (non-hydrogen) atoms. The van der Waals surface area contributed by atoms with Crippen LogP contribution in [0.25, 0.3) is 0 Å². The molecular weight excluding hydrogens is 190 g/mol. The number of benzene rings is 1. The van der Waals surface area contributed by atoms with Crippen LogP contribution in [0.15, 0.2) is 18.2 Å². The number of nitrogens with two attached hydrogens (primary N) is 1. The maximum Gasteiger partial charge on any atom is 0.416 e. The van der Waals surface area contributed by atoms with E-state index in [0.29, 0.717) is 0 Å². The van der Waals surface area contributed by atoms with Crippen LogP contribution in [-0.2, 0) is 6.18 Å². The van der Waals surface area contributed by atoms with E-state index in [-0.39, 0.29) is 11.2 Å². The molecule has 0 bridgehead atoms. The summed E-state index contributed by atoms with van der Waals surface area (Å²) < 4.78 is 36.0. The lowest BCUT2D eigenvalue weighted by atomic mass is 9.93. The molecule has 0 amide bonds. The standard InChI is InChI=1S/C7H5BF3N.C2H6/c8-5-2-1-4(3-6(5)12)7(9,10)11;1-2/h1-3H,12H2;1-2H3. The molecule has 0 aliphatic rings. The van der Waals surface area contributed by atoms with Crippen molar-refractivity contribution in [2.75, 3.05) is 5.73 Å². The summed E-state index contributed by atoms with van der Waals surface area (Å²) >= 11 is 0. The maximum atomic E-state index is 12.0. The molecule has 1 nitrogen and oxygen atoms in total. The van der Waals surface area contributed by atoms with Crippen LogP contribution in [0.5, 0.6) is 0 Å². The van der Waals surface area contributed by atoms with Gasteiger partial charge in [0.25, 0.3) is 0 Å². The summed E-state index contributed by atoms with van der Waals surface area (Å²) in [6.07, 6.45) is -4.36. The van der Waals surface area contributed by atoms with Crippen LogP contribution in [-0.4, -0.2) is 7.85 Å². The van der Waals surface area contributed by atoms with Gasteiger partial charge < -0.3 is 5.73 Å². The van der Waals surface area contributed by atoms with Gasteiger partial charge in [-0.2, -0.15) is 13.2 Å². The zero-order valence-electron chi connectivity index (χ0n) is 8.02. The Morgan fingerprint density at radius 3 is 2.07 bits per heavy atom. The van der Waals surface area contributed by atoms with Gasteiger partial charge in [-0.15, -0.1) is 0 Å². The van der Waals surface area contributed by atoms with Crippen molar-refractivity contribution < 1.29 is 13.2 Å². The second kappa shape index (κ2) is 4.93. The lowest BCUT2D eigenvalue weighted by Crippen LogP contribution is -2.13. The molecule has 0 aliphatic carbocycles. The van der Waals surface area contributed by atoms with Gasteiger partial charge in [-0.25, -0.2) is 0 Å². The minimum atomic E-state index is -4.36. The molecule has 0 fully saturated rings. The Morgan fingerprint density at radius 1 is 1.21 bits per heavy atom. The minimum absolute atomic E-state index is 0.0511. The first kappa shape index (κ1) is 12.9. The molecular formula is C9H11BF3N. The average Bonchev–Trinajstić information content (AvgIpc) is 2.11. The Labute approximate surface area is 82.5 Å². The highest BCUT2D eigenvalue weighted by atomic mass is 19.4. The SMILES string of the molecule is CC.[B]c1ccc(C(F)(F)F)cc1N. The van der Waals surface area contributed by atoms with Gasteiger partial charge in [0.2, 0.25) is 0 Å². The van der Waals surface area contributed by atoms with Crippen LogP contribution in [0.1, 0.15) is 19.4 Å². The molecule has 1 aromatic carbocycles. The van der Waals surface area contributed by atoms with E-state index in [2.05, 4.69) is 0 Å². The molecule has 2 radical (unpaired) electrons. The third-order valence-electron chi connectivity index (χ3n) is 1.41. The van der Waals surface area contributed by atoms with Crippen molar-refractivity contribution in [2.45, 2.75) is 20.0 Å². The number of rotatable bonds is 0.